The molecule has 0 saturated heterocycles. The normalized spacial score (nSPS) is 11.2. The lowest BCUT2D eigenvalue weighted by molar-refractivity contribution is -0.384. The molecule has 0 spiro atoms. The maximum atomic E-state index is 10.8. The van der Waals surface area contributed by atoms with Crippen LogP contribution in [-0.4, -0.2) is 28.5 Å². The minimum absolute atomic E-state index is 0.105. The number of nitro groups is 1. The van der Waals surface area contributed by atoms with Crippen LogP contribution in [0.15, 0.2) is 54.7 Å². The third-order valence-corrected chi connectivity index (χ3v) is 3.62. The highest BCUT2D eigenvalue weighted by Crippen LogP contribution is 2.26. The van der Waals surface area contributed by atoms with E-state index in [-0.39, 0.29) is 10.6 Å². The van der Waals surface area contributed by atoms with E-state index in [0.29, 0.717) is 0 Å². The van der Waals surface area contributed by atoms with Gasteiger partial charge >= 0.3 is 0 Å². The Hall–Kier alpha value is -2.66. The molecular weight excluding hydrogens is 278 g/mol. The molecule has 0 unspecified atom stereocenters. The summed E-state index contributed by atoms with van der Waals surface area (Å²) < 4.78 is 2.08. The fourth-order valence-electron chi connectivity index (χ4n) is 2.67. The molecular formula is C17H17N3O2. The Morgan fingerprint density at radius 1 is 1.09 bits per heavy atom. The van der Waals surface area contributed by atoms with E-state index < -0.39 is 0 Å². The van der Waals surface area contributed by atoms with Gasteiger partial charge in [-0.15, -0.1) is 0 Å². The highest BCUT2D eigenvalue weighted by Gasteiger charge is 2.11. The van der Waals surface area contributed by atoms with Crippen molar-refractivity contribution < 1.29 is 4.92 Å². The van der Waals surface area contributed by atoms with E-state index in [9.17, 15) is 10.1 Å². The molecule has 5 heteroatoms. The number of hydrogen-bond donors (Lipinski definition) is 0. The van der Waals surface area contributed by atoms with Crippen LogP contribution in [0.1, 0.15) is 5.56 Å². The van der Waals surface area contributed by atoms with Crippen molar-refractivity contribution in [3.63, 3.8) is 0 Å². The lowest BCUT2D eigenvalue weighted by atomic mass is 10.2. The summed E-state index contributed by atoms with van der Waals surface area (Å²) in [5, 5.41) is 12.0. The maximum absolute atomic E-state index is 10.8. The van der Waals surface area contributed by atoms with Crippen molar-refractivity contribution in [3.05, 3.63) is 70.4 Å². The van der Waals surface area contributed by atoms with Crippen LogP contribution in [0, 0.1) is 10.1 Å². The predicted molar refractivity (Wildman–Crippen MR) is 87.3 cm³/mol. The monoisotopic (exact) mass is 295 g/mol. The first kappa shape index (κ1) is 14.3. The lowest BCUT2D eigenvalue weighted by Gasteiger charge is -2.07. The number of hydrogen-bond acceptors (Lipinski definition) is 3. The van der Waals surface area contributed by atoms with Crippen molar-refractivity contribution in [2.24, 2.45) is 0 Å². The summed E-state index contributed by atoms with van der Waals surface area (Å²) in [5.74, 6) is 0. The van der Waals surface area contributed by atoms with Crippen LogP contribution < -0.4 is 0 Å². The largest absolute Gasteiger partial charge is 0.316 e. The molecule has 0 aliphatic heterocycles. The average molecular weight is 295 g/mol. The third kappa shape index (κ3) is 2.58. The van der Waals surface area contributed by atoms with Crippen LogP contribution in [0.25, 0.3) is 16.6 Å². The second-order valence-electron chi connectivity index (χ2n) is 5.55. The van der Waals surface area contributed by atoms with Crippen molar-refractivity contribution in [2.45, 2.75) is 6.54 Å². The number of nitro benzene ring substituents is 1. The molecule has 22 heavy (non-hydrogen) atoms. The van der Waals surface area contributed by atoms with Gasteiger partial charge in [0.1, 0.15) is 0 Å². The van der Waals surface area contributed by atoms with Crippen LogP contribution in [0.3, 0.4) is 0 Å². The van der Waals surface area contributed by atoms with Crippen LogP contribution in [0.5, 0.6) is 0 Å². The molecule has 0 amide bonds. The number of rotatable bonds is 4. The molecule has 0 saturated carbocycles. The molecule has 0 radical (unpaired) electrons. The second-order valence-corrected chi connectivity index (χ2v) is 5.55. The molecule has 0 aliphatic carbocycles. The van der Waals surface area contributed by atoms with E-state index >= 15 is 0 Å². The first-order chi connectivity index (χ1) is 10.6. The molecule has 0 atom stereocenters. The zero-order valence-electron chi connectivity index (χ0n) is 12.6. The van der Waals surface area contributed by atoms with Gasteiger partial charge < -0.3 is 9.47 Å². The maximum Gasteiger partial charge on any atom is 0.269 e. The van der Waals surface area contributed by atoms with E-state index in [2.05, 4.69) is 27.8 Å². The van der Waals surface area contributed by atoms with Gasteiger partial charge in [0.2, 0.25) is 0 Å². The molecule has 0 aliphatic rings. The second kappa shape index (κ2) is 5.61. The van der Waals surface area contributed by atoms with E-state index in [0.717, 1.165) is 17.7 Å². The minimum Gasteiger partial charge on any atom is -0.316 e. The molecule has 2 aromatic carbocycles. The fraction of sp³-hybridized carbons (Fsp3) is 0.176. The Kier molecular flexibility index (Phi) is 3.65. The molecule has 1 aromatic heterocycles. The van der Waals surface area contributed by atoms with Crippen molar-refractivity contribution in [3.8, 4) is 5.69 Å². The molecule has 3 rings (SSSR count). The smallest absolute Gasteiger partial charge is 0.269 e. The fourth-order valence-corrected chi connectivity index (χ4v) is 2.67. The van der Waals surface area contributed by atoms with E-state index in [1.54, 1.807) is 12.1 Å². The number of nitrogens with zero attached hydrogens (tertiary/aromatic N) is 3. The van der Waals surface area contributed by atoms with Gasteiger partial charge in [-0.05, 0) is 37.9 Å². The number of aromatic nitrogens is 1. The highest BCUT2D eigenvalue weighted by atomic mass is 16.6. The molecule has 1 heterocycles. The Bertz CT molecular complexity index is 820. The number of non-ortho nitro benzene ring substituents is 1. The van der Waals surface area contributed by atoms with Crippen LogP contribution in [-0.2, 0) is 6.54 Å². The summed E-state index contributed by atoms with van der Waals surface area (Å²) in [5.41, 5.74) is 3.37. The summed E-state index contributed by atoms with van der Waals surface area (Å²) in [6, 6.07) is 14.8. The first-order valence-electron chi connectivity index (χ1n) is 7.05. The summed E-state index contributed by atoms with van der Waals surface area (Å²) in [4.78, 5) is 12.5. The minimum atomic E-state index is -0.380. The summed E-state index contributed by atoms with van der Waals surface area (Å²) in [6.45, 7) is 0.848. The van der Waals surface area contributed by atoms with E-state index in [4.69, 9.17) is 0 Å². The number of para-hydroxylation sites is 1. The van der Waals surface area contributed by atoms with Crippen molar-refractivity contribution in [2.75, 3.05) is 14.1 Å². The Balaban J connectivity index is 2.12. The SMILES string of the molecule is CN(C)Cc1cn(-c2ccc([N+](=O)[O-])cc2)c2ccccc12. The standard InChI is InChI=1S/C17H17N3O2/c1-18(2)11-13-12-19(17-6-4-3-5-16(13)17)14-7-9-15(10-8-14)20(21)22/h3-10,12H,11H2,1-2H3. The van der Waals surface area contributed by atoms with Gasteiger partial charge in [-0.2, -0.15) is 0 Å². The summed E-state index contributed by atoms with van der Waals surface area (Å²) in [6.07, 6.45) is 2.10. The van der Waals surface area contributed by atoms with Gasteiger partial charge in [-0.1, -0.05) is 18.2 Å². The molecule has 112 valence electrons. The molecule has 0 fully saturated rings. The van der Waals surface area contributed by atoms with Crippen molar-refractivity contribution in [1.29, 1.82) is 0 Å². The summed E-state index contributed by atoms with van der Waals surface area (Å²) in [7, 11) is 4.08. The van der Waals surface area contributed by atoms with Crippen LogP contribution >= 0.6 is 0 Å². The van der Waals surface area contributed by atoms with Crippen LogP contribution in [0.2, 0.25) is 0 Å². The molecule has 5 nitrogen and oxygen atoms in total. The van der Waals surface area contributed by atoms with Gasteiger partial charge in [-0.25, -0.2) is 0 Å². The molecule has 0 N–H and O–H groups in total. The van der Waals surface area contributed by atoms with Gasteiger partial charge in [0.15, 0.2) is 0 Å². The van der Waals surface area contributed by atoms with Gasteiger partial charge in [0, 0.05) is 35.9 Å². The Labute approximate surface area is 128 Å². The topological polar surface area (TPSA) is 51.3 Å². The first-order valence-corrected chi connectivity index (χ1v) is 7.05. The predicted octanol–water partition coefficient (Wildman–Crippen LogP) is 3.60. The zero-order chi connectivity index (χ0) is 15.7. The summed E-state index contributed by atoms with van der Waals surface area (Å²) >= 11 is 0. The highest BCUT2D eigenvalue weighted by molar-refractivity contribution is 5.85. The molecule has 0 bridgehead atoms. The van der Waals surface area contributed by atoms with E-state index in [1.807, 2.05) is 26.2 Å². The third-order valence-electron chi connectivity index (χ3n) is 3.62. The Morgan fingerprint density at radius 2 is 1.77 bits per heavy atom. The van der Waals surface area contributed by atoms with Crippen molar-refractivity contribution >= 4 is 16.6 Å². The van der Waals surface area contributed by atoms with Gasteiger partial charge in [0.25, 0.3) is 5.69 Å². The average Bonchev–Trinajstić information content (AvgIpc) is 2.86. The Morgan fingerprint density at radius 3 is 2.41 bits per heavy atom. The van der Waals surface area contributed by atoms with Crippen LogP contribution in [0.4, 0.5) is 5.69 Å². The lowest BCUT2D eigenvalue weighted by Crippen LogP contribution is -2.10. The quantitative estimate of drug-likeness (QED) is 0.546. The van der Waals surface area contributed by atoms with Gasteiger partial charge in [-0.3, -0.25) is 10.1 Å². The number of fused-ring (bicyclic) bond motifs is 1. The van der Waals surface area contributed by atoms with Gasteiger partial charge in [0.05, 0.1) is 10.4 Å². The van der Waals surface area contributed by atoms with E-state index in [1.165, 1.54) is 23.1 Å². The number of benzene rings is 2. The zero-order valence-corrected chi connectivity index (χ0v) is 12.6. The van der Waals surface area contributed by atoms with Crippen molar-refractivity contribution in [1.82, 2.24) is 9.47 Å². The molecule has 3 aromatic rings.